The van der Waals surface area contributed by atoms with E-state index in [0.29, 0.717) is 0 Å². The van der Waals surface area contributed by atoms with E-state index in [1.165, 1.54) is 19.9 Å². The van der Waals surface area contributed by atoms with Gasteiger partial charge in [-0.2, -0.15) is 0 Å². The van der Waals surface area contributed by atoms with E-state index in [1.807, 2.05) is 0 Å². The molecule has 0 N–H and O–H groups in total. The highest BCUT2D eigenvalue weighted by Gasteiger charge is 2.17. The Kier molecular flexibility index (Phi) is 3.45. The molecule has 0 aromatic rings. The summed E-state index contributed by atoms with van der Waals surface area (Å²) in [5.74, 6) is -0.416. The predicted molar refractivity (Wildman–Crippen MR) is 43.9 cm³/mol. The Morgan fingerprint density at radius 1 is 1.45 bits per heavy atom. The molecular formula is C7H12O3S. The van der Waals surface area contributed by atoms with Gasteiger partial charge < -0.3 is 0 Å². The first-order chi connectivity index (χ1) is 4.95. The van der Waals surface area contributed by atoms with Crippen molar-refractivity contribution in [3.05, 3.63) is 11.0 Å². The lowest BCUT2D eigenvalue weighted by Gasteiger charge is -2.00. The van der Waals surface area contributed by atoms with Crippen LogP contribution in [0.5, 0.6) is 0 Å². The SMILES string of the molecule is C/C=C(\C(C)=O)S(=O)(=O)CC. The molecule has 3 nitrogen and oxygen atoms in total. The van der Waals surface area contributed by atoms with Crippen molar-refractivity contribution >= 4 is 15.6 Å². The largest absolute Gasteiger partial charge is 0.294 e. The fourth-order valence-corrected chi connectivity index (χ4v) is 1.87. The molecule has 0 rings (SSSR count). The molecule has 0 fully saturated rings. The predicted octanol–water partition coefficient (Wildman–Crippen LogP) is 0.914. The van der Waals surface area contributed by atoms with Crippen LogP contribution < -0.4 is 0 Å². The average Bonchev–Trinajstić information content (AvgIpc) is 1.88. The Hall–Kier alpha value is -0.640. The van der Waals surface area contributed by atoms with Crippen LogP contribution in [-0.4, -0.2) is 20.0 Å². The van der Waals surface area contributed by atoms with Crippen LogP contribution in [0, 0.1) is 0 Å². The van der Waals surface area contributed by atoms with Crippen molar-refractivity contribution in [1.82, 2.24) is 0 Å². The molecule has 0 unspecified atom stereocenters. The lowest BCUT2D eigenvalue weighted by molar-refractivity contribution is -0.113. The molecule has 0 aliphatic rings. The zero-order valence-corrected chi connectivity index (χ0v) is 7.73. The maximum Gasteiger partial charge on any atom is 0.181 e. The molecule has 0 aliphatic carbocycles. The van der Waals surface area contributed by atoms with Gasteiger partial charge in [0.15, 0.2) is 15.6 Å². The Bertz CT molecular complexity index is 272. The maximum absolute atomic E-state index is 11.1. The number of ketones is 1. The number of rotatable bonds is 3. The number of carbonyl (C=O) groups is 1. The molecule has 0 bridgehead atoms. The van der Waals surface area contributed by atoms with Gasteiger partial charge in [-0.3, -0.25) is 4.79 Å². The number of allylic oxidation sites excluding steroid dienone is 2. The molecule has 64 valence electrons. The quantitative estimate of drug-likeness (QED) is 0.601. The Morgan fingerprint density at radius 3 is 2.00 bits per heavy atom. The molecule has 11 heavy (non-hydrogen) atoms. The summed E-state index contributed by atoms with van der Waals surface area (Å²) in [6, 6.07) is 0. The summed E-state index contributed by atoms with van der Waals surface area (Å²) in [4.78, 5) is 10.6. The lowest BCUT2D eigenvalue weighted by Crippen LogP contribution is -2.12. The third kappa shape index (κ3) is 2.46. The summed E-state index contributed by atoms with van der Waals surface area (Å²) < 4.78 is 22.2. The van der Waals surface area contributed by atoms with Gasteiger partial charge in [-0.25, -0.2) is 8.42 Å². The van der Waals surface area contributed by atoms with Crippen molar-refractivity contribution < 1.29 is 13.2 Å². The summed E-state index contributed by atoms with van der Waals surface area (Å²) in [6.07, 6.45) is 1.33. The highest BCUT2D eigenvalue weighted by atomic mass is 32.2. The summed E-state index contributed by atoms with van der Waals surface area (Å²) >= 11 is 0. The van der Waals surface area contributed by atoms with Gasteiger partial charge in [0.25, 0.3) is 0 Å². The zero-order chi connectivity index (χ0) is 9.07. The highest BCUT2D eigenvalue weighted by molar-refractivity contribution is 7.96. The second-order valence-corrected chi connectivity index (χ2v) is 4.36. The number of carbonyl (C=O) groups excluding carboxylic acids is 1. The van der Waals surface area contributed by atoms with E-state index in [4.69, 9.17) is 0 Å². The molecule has 0 amide bonds. The third-order valence-corrected chi connectivity index (χ3v) is 3.28. The second-order valence-electron chi connectivity index (χ2n) is 2.11. The average molecular weight is 176 g/mol. The molecule has 0 saturated heterocycles. The Balaban J connectivity index is 5.00. The fraction of sp³-hybridized carbons (Fsp3) is 0.571. The van der Waals surface area contributed by atoms with Crippen molar-refractivity contribution in [2.75, 3.05) is 5.75 Å². The first kappa shape index (κ1) is 10.4. The Labute approximate surface area is 67.0 Å². The molecular weight excluding hydrogens is 164 g/mol. The van der Waals surface area contributed by atoms with Crippen molar-refractivity contribution in [2.24, 2.45) is 0 Å². The van der Waals surface area contributed by atoms with Crippen LogP contribution >= 0.6 is 0 Å². The van der Waals surface area contributed by atoms with E-state index < -0.39 is 15.6 Å². The van der Waals surface area contributed by atoms with Gasteiger partial charge in [-0.05, 0) is 13.8 Å². The van der Waals surface area contributed by atoms with Gasteiger partial charge >= 0.3 is 0 Å². The fourth-order valence-electron chi connectivity index (χ4n) is 0.757. The van der Waals surface area contributed by atoms with Crippen LogP contribution in [0.2, 0.25) is 0 Å². The minimum absolute atomic E-state index is 0.0216. The molecule has 0 heterocycles. The van der Waals surface area contributed by atoms with Crippen LogP contribution in [0.4, 0.5) is 0 Å². The summed E-state index contributed by atoms with van der Waals surface area (Å²) in [6.45, 7) is 4.31. The summed E-state index contributed by atoms with van der Waals surface area (Å²) in [7, 11) is -3.30. The first-order valence-corrected chi connectivity index (χ1v) is 5.01. The van der Waals surface area contributed by atoms with Gasteiger partial charge in [0.05, 0.1) is 5.75 Å². The zero-order valence-electron chi connectivity index (χ0n) is 6.92. The van der Waals surface area contributed by atoms with Crippen molar-refractivity contribution in [2.45, 2.75) is 20.8 Å². The monoisotopic (exact) mass is 176 g/mol. The number of hydrogen-bond donors (Lipinski definition) is 0. The van der Waals surface area contributed by atoms with Gasteiger partial charge in [0, 0.05) is 0 Å². The van der Waals surface area contributed by atoms with Crippen LogP contribution in [0.1, 0.15) is 20.8 Å². The van der Waals surface area contributed by atoms with E-state index in [2.05, 4.69) is 0 Å². The molecule has 4 heteroatoms. The number of sulfone groups is 1. The van der Waals surface area contributed by atoms with E-state index >= 15 is 0 Å². The van der Waals surface area contributed by atoms with Crippen molar-refractivity contribution in [3.63, 3.8) is 0 Å². The Morgan fingerprint density at radius 2 is 1.91 bits per heavy atom. The van der Waals surface area contributed by atoms with Gasteiger partial charge in [0.2, 0.25) is 0 Å². The van der Waals surface area contributed by atoms with E-state index in [1.54, 1.807) is 6.92 Å². The van der Waals surface area contributed by atoms with Gasteiger partial charge in [-0.15, -0.1) is 0 Å². The second kappa shape index (κ2) is 3.67. The maximum atomic E-state index is 11.1. The first-order valence-electron chi connectivity index (χ1n) is 3.35. The molecule has 0 aromatic carbocycles. The van der Waals surface area contributed by atoms with E-state index in [9.17, 15) is 13.2 Å². The lowest BCUT2D eigenvalue weighted by atomic mass is 10.4. The summed E-state index contributed by atoms with van der Waals surface area (Å²) in [5, 5.41) is 0. The molecule has 0 radical (unpaired) electrons. The van der Waals surface area contributed by atoms with Crippen molar-refractivity contribution in [3.8, 4) is 0 Å². The summed E-state index contributed by atoms with van der Waals surface area (Å²) in [5.41, 5.74) is 0. The van der Waals surface area contributed by atoms with Crippen LogP contribution in [0.25, 0.3) is 0 Å². The highest BCUT2D eigenvalue weighted by Crippen LogP contribution is 2.07. The molecule has 0 saturated carbocycles. The van der Waals surface area contributed by atoms with Crippen LogP contribution in [0.15, 0.2) is 11.0 Å². The smallest absolute Gasteiger partial charge is 0.181 e. The minimum Gasteiger partial charge on any atom is -0.294 e. The molecule has 0 spiro atoms. The molecule has 0 aromatic heterocycles. The molecule has 0 aliphatic heterocycles. The number of hydrogen-bond acceptors (Lipinski definition) is 3. The van der Waals surface area contributed by atoms with Gasteiger partial charge in [0.1, 0.15) is 4.91 Å². The van der Waals surface area contributed by atoms with Gasteiger partial charge in [-0.1, -0.05) is 13.0 Å². The van der Waals surface area contributed by atoms with E-state index in [-0.39, 0.29) is 10.7 Å². The van der Waals surface area contributed by atoms with E-state index in [0.717, 1.165) is 0 Å². The van der Waals surface area contributed by atoms with Crippen LogP contribution in [-0.2, 0) is 14.6 Å². The normalized spacial score (nSPS) is 13.2. The third-order valence-electron chi connectivity index (χ3n) is 1.32. The topological polar surface area (TPSA) is 51.2 Å². The minimum atomic E-state index is -3.30. The number of Topliss-reactive ketones (excluding diaryl/α,β-unsaturated/α-hetero) is 1. The standard InChI is InChI=1S/C7H12O3S/c1-4-7(6(3)8)11(9,10)5-2/h4H,5H2,1-3H3/b7-4+. The van der Waals surface area contributed by atoms with Crippen LogP contribution in [0.3, 0.4) is 0 Å². The van der Waals surface area contributed by atoms with Crippen molar-refractivity contribution in [1.29, 1.82) is 0 Å². The molecule has 0 atom stereocenters.